The number of hydrogen-bond donors (Lipinski definition) is 0. The Labute approximate surface area is 109 Å². The van der Waals surface area contributed by atoms with Gasteiger partial charge in [-0.3, -0.25) is 0 Å². The molecule has 1 aromatic rings. The summed E-state index contributed by atoms with van der Waals surface area (Å²) in [6, 6.07) is 3.99. The van der Waals surface area contributed by atoms with Gasteiger partial charge in [0.25, 0.3) is 0 Å². The third-order valence-corrected chi connectivity index (χ3v) is 1.78. The normalized spacial score (nSPS) is 7.13. The van der Waals surface area contributed by atoms with E-state index in [1.165, 1.54) is 5.56 Å². The van der Waals surface area contributed by atoms with Crippen LogP contribution in [0.4, 0.5) is 0 Å². The van der Waals surface area contributed by atoms with Crippen LogP contribution in [0, 0.1) is 20.8 Å². The third-order valence-electron chi connectivity index (χ3n) is 1.78. The maximum atomic E-state index is 10.4. The second-order valence-corrected chi connectivity index (χ2v) is 2.88. The second-order valence-electron chi connectivity index (χ2n) is 2.88. The van der Waals surface area contributed by atoms with Crippen LogP contribution in [0.1, 0.15) is 22.3 Å². The van der Waals surface area contributed by atoms with Gasteiger partial charge in [0.15, 0.2) is 0 Å². The van der Waals surface area contributed by atoms with Crippen molar-refractivity contribution in [1.29, 1.82) is 0 Å². The van der Waals surface area contributed by atoms with Gasteiger partial charge < -0.3 is 15.7 Å². The van der Waals surface area contributed by atoms with Crippen LogP contribution in [0.25, 0.3) is 0 Å². The van der Waals surface area contributed by atoms with Crippen molar-refractivity contribution in [2.75, 3.05) is 0 Å². The Morgan fingerprint density at radius 2 is 1.40 bits per heavy atom. The molecule has 5 heteroatoms. The van der Waals surface area contributed by atoms with Gasteiger partial charge in [-0.2, -0.15) is 9.90 Å². The van der Waals surface area contributed by atoms with Crippen LogP contribution in [0.2, 0.25) is 0 Å². The zero-order valence-corrected chi connectivity index (χ0v) is 12.1. The second kappa shape index (κ2) is 10.5. The number of hydrogen-bond acceptors (Lipinski definition) is 2. The minimum absolute atomic E-state index is 0. The van der Waals surface area contributed by atoms with Crippen molar-refractivity contribution in [3.8, 4) is 0 Å². The van der Waals surface area contributed by atoms with Gasteiger partial charge in [0.2, 0.25) is 0 Å². The van der Waals surface area contributed by atoms with Gasteiger partial charge >= 0.3 is 21.7 Å². The van der Waals surface area contributed by atoms with Crippen molar-refractivity contribution >= 4 is 16.2 Å². The van der Waals surface area contributed by atoms with E-state index >= 15 is 0 Å². The molecule has 1 unspecified atom stereocenters. The van der Waals surface area contributed by atoms with E-state index in [0.717, 1.165) is 11.1 Å². The first-order chi connectivity index (χ1) is 5.15. The topological polar surface area (TPSA) is 75.6 Å². The van der Waals surface area contributed by atoms with Crippen molar-refractivity contribution in [3.63, 3.8) is 0 Å². The van der Waals surface area contributed by atoms with Gasteiger partial charge in [0.05, 0.1) is 6.29 Å². The van der Waals surface area contributed by atoms with Crippen molar-refractivity contribution in [1.82, 2.24) is 0 Å². The molecule has 0 radical (unpaired) electrons. The number of benzene rings is 1. The average molecular weight is 262 g/mol. The van der Waals surface area contributed by atoms with Gasteiger partial charge in [0.1, 0.15) is 0 Å². The van der Waals surface area contributed by atoms with E-state index in [0.29, 0.717) is 5.56 Å². The monoisotopic (exact) mass is 262 g/mol. The largest absolute Gasteiger partial charge is 4.00 e. The Balaban J connectivity index is -0.000000151. The zero-order chi connectivity index (χ0) is 8.43. The molecule has 15 heavy (non-hydrogen) atoms. The predicted octanol–water partition coefficient (Wildman–Crippen LogP) is 1.83. The molecule has 0 aliphatic carbocycles. The summed E-state index contributed by atoms with van der Waals surface area (Å²) in [6.45, 7) is 5.88. The van der Waals surface area contributed by atoms with Gasteiger partial charge in [-0.1, -0.05) is 19.4 Å². The molecule has 0 saturated heterocycles. The molecule has 1 aromatic carbocycles. The van der Waals surface area contributed by atoms with Crippen molar-refractivity contribution in [2.45, 2.75) is 20.8 Å². The summed E-state index contributed by atoms with van der Waals surface area (Å²) >= 11 is 0. The summed E-state index contributed by atoms with van der Waals surface area (Å²) in [4.78, 5) is 10.4. The van der Waals surface area contributed by atoms with E-state index in [1.54, 1.807) is 0 Å². The first-order valence-corrected chi connectivity index (χ1v) is 3.61. The van der Waals surface area contributed by atoms with Crippen LogP contribution in [-0.4, -0.2) is 11.8 Å². The standard InChI is InChI=1S/C10H11O.H2O.O.H3P.Ti/c1-7-4-8(2)10(6-11)9(3)5-7;;;;/h4-5H,1-3H3;1H2;;1H3;/q-1;;-2;;+4/p-1. The molecule has 0 aliphatic heterocycles. The number of rotatable bonds is 1. The SMILES string of the molecule is Cc1cc(C)c([C-]=O)c(C)c1.P.[O-2].[OH-].[Ti+4]. The minimum atomic E-state index is 0. The van der Waals surface area contributed by atoms with E-state index < -0.39 is 0 Å². The van der Waals surface area contributed by atoms with Crippen LogP contribution < -0.4 is 0 Å². The maximum absolute atomic E-state index is 10.4. The van der Waals surface area contributed by atoms with Crippen LogP contribution in [-0.2, 0) is 32.0 Å². The Kier molecular flexibility index (Phi) is 16.9. The number of carbonyl (C=O) groups excluding carboxylic acids is 1. The summed E-state index contributed by atoms with van der Waals surface area (Å²) in [5, 5.41) is 0. The van der Waals surface area contributed by atoms with Crippen molar-refractivity contribution in [2.24, 2.45) is 0 Å². The van der Waals surface area contributed by atoms with Crippen LogP contribution >= 0.6 is 9.90 Å². The smallest absolute Gasteiger partial charge is 2.00 e. The summed E-state index contributed by atoms with van der Waals surface area (Å²) < 4.78 is 0. The van der Waals surface area contributed by atoms with Crippen LogP contribution in [0.3, 0.4) is 0 Å². The molecule has 0 aromatic heterocycles. The molecule has 82 valence electrons. The molecule has 0 spiro atoms. The molecule has 1 atom stereocenters. The Morgan fingerprint density at radius 1 is 1.07 bits per heavy atom. The number of aryl methyl sites for hydroxylation is 3. The molecule has 0 heterocycles. The average Bonchev–Trinajstić information content (AvgIpc) is 1.85. The van der Waals surface area contributed by atoms with E-state index in [-0.39, 0.29) is 42.6 Å². The maximum Gasteiger partial charge on any atom is 4.00 e. The fraction of sp³-hybridized carbons (Fsp3) is 0.300. The molecular formula is C10H15O3PTi. The predicted molar refractivity (Wildman–Crippen MR) is 59.2 cm³/mol. The summed E-state index contributed by atoms with van der Waals surface area (Å²) in [5.41, 5.74) is 3.92. The molecule has 0 amide bonds. The molecule has 0 bridgehead atoms. The molecule has 0 aliphatic rings. The third kappa shape index (κ3) is 6.19. The van der Waals surface area contributed by atoms with E-state index in [2.05, 4.69) is 0 Å². The quantitative estimate of drug-likeness (QED) is 0.439. The summed E-state index contributed by atoms with van der Waals surface area (Å²) in [7, 11) is 0. The van der Waals surface area contributed by atoms with Crippen molar-refractivity contribution < 1.29 is 37.5 Å². The van der Waals surface area contributed by atoms with Gasteiger partial charge in [-0.25, -0.2) is 0 Å². The van der Waals surface area contributed by atoms with Crippen LogP contribution in [0.5, 0.6) is 0 Å². The van der Waals surface area contributed by atoms with Crippen molar-refractivity contribution in [3.05, 3.63) is 34.4 Å². The summed E-state index contributed by atoms with van der Waals surface area (Å²) in [5.74, 6) is 0. The molecule has 1 rings (SSSR count). The first-order valence-electron chi connectivity index (χ1n) is 3.61. The minimum Gasteiger partial charge on any atom is -2.00 e. The fourth-order valence-corrected chi connectivity index (χ4v) is 1.34. The fourth-order valence-electron chi connectivity index (χ4n) is 1.34. The Morgan fingerprint density at radius 3 is 1.67 bits per heavy atom. The molecule has 0 fully saturated rings. The van der Waals surface area contributed by atoms with E-state index in [9.17, 15) is 4.79 Å². The first kappa shape index (κ1) is 24.3. The van der Waals surface area contributed by atoms with Gasteiger partial charge in [0, 0.05) is 0 Å². The van der Waals surface area contributed by atoms with Gasteiger partial charge in [-0.05, 0) is 6.92 Å². The molecular weight excluding hydrogens is 247 g/mol. The van der Waals surface area contributed by atoms with Gasteiger partial charge in [-0.15, -0.1) is 28.8 Å². The zero-order valence-electron chi connectivity index (χ0n) is 9.13. The molecule has 0 saturated carbocycles. The van der Waals surface area contributed by atoms with E-state index in [1.807, 2.05) is 39.2 Å². The Hall–Kier alpha value is -0.0457. The molecule has 3 nitrogen and oxygen atoms in total. The Bertz CT molecular complexity index is 280. The molecule has 1 N–H and O–H groups in total. The van der Waals surface area contributed by atoms with E-state index in [4.69, 9.17) is 0 Å². The van der Waals surface area contributed by atoms with Crippen LogP contribution in [0.15, 0.2) is 12.1 Å². The summed E-state index contributed by atoms with van der Waals surface area (Å²) in [6.07, 6.45) is 1.94.